The number of aromatic hydroxyl groups is 1. The van der Waals surface area contributed by atoms with Crippen LogP contribution in [0.1, 0.15) is 108 Å². The second-order valence-electron chi connectivity index (χ2n) is 19.0. The number of hydrogen-bond acceptors (Lipinski definition) is 8. The van der Waals surface area contributed by atoms with Crippen molar-refractivity contribution in [2.24, 2.45) is 11.3 Å². The topological polar surface area (TPSA) is 112 Å². The molecule has 2 spiro atoms. The van der Waals surface area contributed by atoms with Crippen LogP contribution in [0.3, 0.4) is 0 Å². The number of aryl methyl sites for hydroxylation is 1. The van der Waals surface area contributed by atoms with Gasteiger partial charge < -0.3 is 29.3 Å². The van der Waals surface area contributed by atoms with E-state index in [1.165, 1.54) is 53.6 Å². The van der Waals surface area contributed by atoms with Crippen molar-refractivity contribution in [1.29, 1.82) is 0 Å². The normalized spacial score (nSPS) is 25.8. The van der Waals surface area contributed by atoms with Gasteiger partial charge in [-0.3, -0.25) is 19.7 Å². The number of anilines is 1. The van der Waals surface area contributed by atoms with Crippen LogP contribution in [0.5, 0.6) is 17.2 Å². The minimum Gasteiger partial charge on any atom is -0.508 e. The minimum absolute atomic E-state index is 0.198. The summed E-state index contributed by atoms with van der Waals surface area (Å²) in [6, 6.07) is 29.3. The molecule has 0 aromatic heterocycles. The number of rotatable bonds is 6. The number of hydrogen-bond donors (Lipinski definition) is 2. The Morgan fingerprint density at radius 2 is 1.58 bits per heavy atom. The number of fused-ring (bicyclic) bond motifs is 4. The highest BCUT2D eigenvalue weighted by molar-refractivity contribution is 6.05. The highest BCUT2D eigenvalue weighted by Crippen LogP contribution is 2.54. The van der Waals surface area contributed by atoms with Gasteiger partial charge >= 0.3 is 0 Å². The molecule has 3 amide bonds. The van der Waals surface area contributed by atoms with Crippen LogP contribution in [0.25, 0.3) is 0 Å². The van der Waals surface area contributed by atoms with E-state index in [-0.39, 0.29) is 36.3 Å². The van der Waals surface area contributed by atoms with Gasteiger partial charge in [-0.25, -0.2) is 0 Å². The second kappa shape index (κ2) is 14.7. The zero-order valence-corrected chi connectivity index (χ0v) is 34.2. The standard InChI is InChI=1S/C50H54N4O6/c55-37-11-13-39-35(26-37)8-12-38(33-4-2-1-3-5-33)45(39)34-6-9-36(10-7-34)53-24-18-49(19-25-53)27-32(28-49)29-52-22-20-50(21-23-52)31-59-46-41-30-54(42-15-17-44(56)51-47(42)57)48(58)40(41)14-16-43(46)60-50/h1-7,9-11,13-14,16,26,32,38,42,45,55H,8,12,15,17-25,27-31H2,(H,51,56,57)/t38-,42+,45+/m1/s1. The first-order valence-corrected chi connectivity index (χ1v) is 22.3. The fourth-order valence-electron chi connectivity index (χ4n) is 12.2. The Hall–Kier alpha value is -5.35. The van der Waals surface area contributed by atoms with E-state index in [0.717, 1.165) is 69.9 Å². The number of benzene rings is 4. The molecule has 310 valence electrons. The van der Waals surface area contributed by atoms with Crippen molar-refractivity contribution in [3.8, 4) is 17.2 Å². The number of carbonyl (C=O) groups is 3. The van der Waals surface area contributed by atoms with Crippen molar-refractivity contribution in [3.63, 3.8) is 0 Å². The molecule has 10 nitrogen and oxygen atoms in total. The molecule has 2 aliphatic carbocycles. The molecule has 11 rings (SSSR count). The molecule has 3 atom stereocenters. The van der Waals surface area contributed by atoms with Gasteiger partial charge in [0, 0.05) is 74.7 Å². The first kappa shape index (κ1) is 37.6. The van der Waals surface area contributed by atoms with E-state index in [1.807, 2.05) is 18.2 Å². The lowest BCUT2D eigenvalue weighted by molar-refractivity contribution is -0.136. The van der Waals surface area contributed by atoms with Crippen LogP contribution in [0.15, 0.2) is 84.9 Å². The molecule has 7 aliphatic rings. The molecule has 0 bridgehead atoms. The maximum absolute atomic E-state index is 13.3. The number of nitrogens with one attached hydrogen (secondary N) is 1. The summed E-state index contributed by atoms with van der Waals surface area (Å²) in [6.07, 6.45) is 9.59. The largest absolute Gasteiger partial charge is 0.508 e. The first-order chi connectivity index (χ1) is 29.2. The van der Waals surface area contributed by atoms with E-state index >= 15 is 0 Å². The molecule has 60 heavy (non-hydrogen) atoms. The lowest BCUT2D eigenvalue weighted by Gasteiger charge is -2.54. The number of phenols is 1. The Balaban J connectivity index is 0.669. The number of piperidine rings is 3. The Bertz CT molecular complexity index is 2320. The lowest BCUT2D eigenvalue weighted by atomic mass is 9.57. The summed E-state index contributed by atoms with van der Waals surface area (Å²) in [5.74, 6) is 2.19. The molecule has 3 saturated heterocycles. The van der Waals surface area contributed by atoms with E-state index in [9.17, 15) is 19.5 Å². The Morgan fingerprint density at radius 1 is 0.800 bits per heavy atom. The lowest BCUT2D eigenvalue weighted by Crippen LogP contribution is -2.55. The van der Waals surface area contributed by atoms with Crippen LogP contribution in [0, 0.1) is 11.3 Å². The average Bonchev–Trinajstić information content (AvgIpc) is 3.59. The van der Waals surface area contributed by atoms with Gasteiger partial charge in [-0.05, 0) is 121 Å². The first-order valence-electron chi connectivity index (χ1n) is 22.3. The molecule has 0 unspecified atom stereocenters. The molecule has 4 aromatic rings. The summed E-state index contributed by atoms with van der Waals surface area (Å²) < 4.78 is 13.2. The van der Waals surface area contributed by atoms with Crippen molar-refractivity contribution in [2.45, 2.75) is 94.2 Å². The van der Waals surface area contributed by atoms with Crippen molar-refractivity contribution >= 4 is 23.4 Å². The van der Waals surface area contributed by atoms with Crippen LogP contribution < -0.4 is 19.7 Å². The summed E-state index contributed by atoms with van der Waals surface area (Å²) in [5, 5.41) is 12.6. The fourth-order valence-corrected chi connectivity index (χ4v) is 12.2. The number of likely N-dealkylation sites (tertiary alicyclic amines) is 1. The zero-order chi connectivity index (χ0) is 40.6. The van der Waals surface area contributed by atoms with Gasteiger partial charge in [0.2, 0.25) is 11.8 Å². The van der Waals surface area contributed by atoms with Gasteiger partial charge in [0.05, 0.1) is 6.54 Å². The highest BCUT2D eigenvalue weighted by Gasteiger charge is 2.49. The van der Waals surface area contributed by atoms with Crippen LogP contribution in [0.2, 0.25) is 0 Å². The third-order valence-corrected chi connectivity index (χ3v) is 15.4. The van der Waals surface area contributed by atoms with Gasteiger partial charge in [-0.1, -0.05) is 48.5 Å². The number of imide groups is 1. The maximum atomic E-state index is 13.3. The zero-order valence-electron chi connectivity index (χ0n) is 34.2. The minimum atomic E-state index is -0.653. The molecular formula is C50H54N4O6. The van der Waals surface area contributed by atoms with E-state index in [0.29, 0.717) is 47.2 Å². The monoisotopic (exact) mass is 806 g/mol. The molecule has 5 aliphatic heterocycles. The van der Waals surface area contributed by atoms with Crippen LogP contribution >= 0.6 is 0 Å². The molecule has 1 saturated carbocycles. The molecule has 4 fully saturated rings. The van der Waals surface area contributed by atoms with Gasteiger partial charge in [0.25, 0.3) is 5.91 Å². The maximum Gasteiger partial charge on any atom is 0.255 e. The number of nitrogens with zero attached hydrogens (tertiary/aromatic N) is 3. The average molecular weight is 807 g/mol. The third kappa shape index (κ3) is 6.62. The third-order valence-electron chi connectivity index (χ3n) is 15.4. The van der Waals surface area contributed by atoms with E-state index in [4.69, 9.17) is 9.47 Å². The van der Waals surface area contributed by atoms with Crippen LogP contribution in [0.4, 0.5) is 5.69 Å². The number of amides is 3. The highest BCUT2D eigenvalue weighted by atomic mass is 16.6. The summed E-state index contributed by atoms with van der Waals surface area (Å²) >= 11 is 0. The smallest absolute Gasteiger partial charge is 0.255 e. The van der Waals surface area contributed by atoms with Gasteiger partial charge in [0.1, 0.15) is 24.0 Å². The Morgan fingerprint density at radius 3 is 2.35 bits per heavy atom. The van der Waals surface area contributed by atoms with Gasteiger partial charge in [0.15, 0.2) is 11.5 Å². The summed E-state index contributed by atoms with van der Waals surface area (Å²) in [5.41, 5.74) is 8.12. The van der Waals surface area contributed by atoms with Crippen molar-refractivity contribution < 1.29 is 29.0 Å². The molecule has 5 heterocycles. The van der Waals surface area contributed by atoms with E-state index in [2.05, 4.69) is 75.8 Å². The summed E-state index contributed by atoms with van der Waals surface area (Å²) in [4.78, 5) is 44.4. The van der Waals surface area contributed by atoms with E-state index < -0.39 is 11.9 Å². The van der Waals surface area contributed by atoms with Gasteiger partial charge in [-0.15, -0.1) is 0 Å². The number of carbonyl (C=O) groups excluding carboxylic acids is 3. The van der Waals surface area contributed by atoms with E-state index in [1.54, 1.807) is 11.0 Å². The molecule has 10 heteroatoms. The summed E-state index contributed by atoms with van der Waals surface area (Å²) in [6.45, 7) is 6.08. The number of ether oxygens (including phenoxy) is 2. The molecule has 4 aromatic carbocycles. The molecule has 2 N–H and O–H groups in total. The predicted octanol–water partition coefficient (Wildman–Crippen LogP) is 7.32. The quantitative estimate of drug-likeness (QED) is 0.195. The number of phenolic OH excluding ortho intramolecular Hbond substituents is 1. The SMILES string of the molecule is O=C1CC[C@H](N2Cc3c(ccc4c3OCC3(CCN(CC5CC6(CCN(c7ccc([C@@H]8c9ccc(O)cc9CC[C@@H]8c8ccccc8)cc7)CC6)C5)CC3)O4)C2=O)C(=O)N1. The van der Waals surface area contributed by atoms with Crippen LogP contribution in [-0.2, 0) is 22.6 Å². The van der Waals surface area contributed by atoms with Crippen molar-refractivity contribution in [1.82, 2.24) is 15.1 Å². The second-order valence-corrected chi connectivity index (χ2v) is 19.0. The molecule has 0 radical (unpaired) electrons. The van der Waals surface area contributed by atoms with Crippen molar-refractivity contribution in [3.05, 3.63) is 118 Å². The Labute approximate surface area is 351 Å². The fraction of sp³-hybridized carbons (Fsp3) is 0.460. The molecular weight excluding hydrogens is 753 g/mol. The van der Waals surface area contributed by atoms with Crippen LogP contribution in [-0.4, -0.2) is 83.6 Å². The Kier molecular flexibility index (Phi) is 9.21. The van der Waals surface area contributed by atoms with Gasteiger partial charge in [-0.2, -0.15) is 0 Å². The predicted molar refractivity (Wildman–Crippen MR) is 228 cm³/mol. The van der Waals surface area contributed by atoms with Crippen molar-refractivity contribution in [2.75, 3.05) is 44.2 Å². The summed E-state index contributed by atoms with van der Waals surface area (Å²) in [7, 11) is 0.